The van der Waals surface area contributed by atoms with Crippen LogP contribution in [0.3, 0.4) is 0 Å². The number of aryl methyl sites for hydroxylation is 1. The van der Waals surface area contributed by atoms with E-state index < -0.39 is 0 Å². The van der Waals surface area contributed by atoms with Crippen LogP contribution in [0.2, 0.25) is 0 Å². The number of hydrogen-bond acceptors (Lipinski definition) is 2. The Morgan fingerprint density at radius 1 is 1.20 bits per heavy atom. The predicted molar refractivity (Wildman–Crippen MR) is 83.6 cm³/mol. The van der Waals surface area contributed by atoms with Gasteiger partial charge in [0, 0.05) is 11.8 Å². The summed E-state index contributed by atoms with van der Waals surface area (Å²) in [6.45, 7) is 2.20. The molecular weight excluding hydrogens is 246 g/mol. The van der Waals surface area contributed by atoms with Gasteiger partial charge in [-0.05, 0) is 24.8 Å². The van der Waals surface area contributed by atoms with E-state index in [1.54, 1.807) is 0 Å². The summed E-state index contributed by atoms with van der Waals surface area (Å²) < 4.78 is 2.08. The lowest BCUT2D eigenvalue weighted by molar-refractivity contribution is 0.468. The van der Waals surface area contributed by atoms with Crippen molar-refractivity contribution in [3.63, 3.8) is 0 Å². The van der Waals surface area contributed by atoms with Gasteiger partial charge in [-0.3, -0.25) is 4.68 Å². The molecule has 1 aliphatic rings. The highest BCUT2D eigenvalue weighted by molar-refractivity contribution is 5.72. The molecule has 106 valence electrons. The number of anilines is 1. The number of nitrogens with two attached hydrogens (primary N) is 1. The van der Waals surface area contributed by atoms with Crippen LogP contribution >= 0.6 is 0 Å². The molecule has 3 heteroatoms. The van der Waals surface area contributed by atoms with Crippen molar-refractivity contribution in [2.75, 3.05) is 5.73 Å². The first-order chi connectivity index (χ1) is 9.78. The van der Waals surface area contributed by atoms with Gasteiger partial charge in [-0.1, -0.05) is 50.5 Å². The average molecular weight is 269 g/mol. The number of nitrogen functional groups attached to an aromatic ring is 1. The molecule has 1 saturated carbocycles. The fourth-order valence-electron chi connectivity index (χ4n) is 3.10. The van der Waals surface area contributed by atoms with Crippen molar-refractivity contribution in [3.8, 4) is 11.3 Å². The monoisotopic (exact) mass is 269 g/mol. The summed E-state index contributed by atoms with van der Waals surface area (Å²) in [6.07, 6.45) is 9.40. The molecule has 1 aliphatic carbocycles. The maximum Gasteiger partial charge on any atom is 0.115 e. The molecular formula is C17H23N3. The van der Waals surface area contributed by atoms with Crippen LogP contribution in [0.15, 0.2) is 30.5 Å². The molecule has 0 bridgehead atoms. The van der Waals surface area contributed by atoms with Crippen LogP contribution in [0, 0.1) is 0 Å². The average Bonchev–Trinajstić information content (AvgIpc) is 3.09. The van der Waals surface area contributed by atoms with Gasteiger partial charge in [-0.15, -0.1) is 0 Å². The highest BCUT2D eigenvalue weighted by Gasteiger charge is 2.19. The maximum absolute atomic E-state index is 6.15. The normalized spacial score (nSPS) is 15.8. The summed E-state index contributed by atoms with van der Waals surface area (Å²) >= 11 is 0. The van der Waals surface area contributed by atoms with Gasteiger partial charge in [0.2, 0.25) is 0 Å². The summed E-state index contributed by atoms with van der Waals surface area (Å²) in [5.41, 5.74) is 10.4. The lowest BCUT2D eigenvalue weighted by Gasteiger charge is -2.08. The minimum atomic E-state index is 0.547. The van der Waals surface area contributed by atoms with E-state index in [1.807, 2.05) is 6.20 Å². The Balaban J connectivity index is 1.85. The molecule has 2 aromatic rings. The Labute approximate surface area is 120 Å². The molecule has 0 atom stereocenters. The largest absolute Gasteiger partial charge is 0.396 e. The van der Waals surface area contributed by atoms with Gasteiger partial charge in [0.15, 0.2) is 0 Å². The first-order valence-electron chi connectivity index (χ1n) is 7.72. The van der Waals surface area contributed by atoms with Crippen molar-refractivity contribution in [1.82, 2.24) is 9.78 Å². The molecule has 1 heterocycles. The van der Waals surface area contributed by atoms with Crippen molar-refractivity contribution in [1.29, 1.82) is 0 Å². The number of hydrogen-bond donors (Lipinski definition) is 1. The van der Waals surface area contributed by atoms with Crippen LogP contribution < -0.4 is 5.73 Å². The Morgan fingerprint density at radius 3 is 2.55 bits per heavy atom. The molecule has 1 aromatic carbocycles. The highest BCUT2D eigenvalue weighted by atomic mass is 15.3. The van der Waals surface area contributed by atoms with E-state index in [1.165, 1.54) is 37.7 Å². The summed E-state index contributed by atoms with van der Waals surface area (Å²) in [7, 11) is 0. The quantitative estimate of drug-likeness (QED) is 0.904. The minimum Gasteiger partial charge on any atom is -0.396 e. The third kappa shape index (κ3) is 2.58. The molecule has 20 heavy (non-hydrogen) atoms. The zero-order valence-electron chi connectivity index (χ0n) is 12.2. The van der Waals surface area contributed by atoms with Crippen molar-refractivity contribution in [3.05, 3.63) is 36.0 Å². The first-order valence-corrected chi connectivity index (χ1v) is 7.72. The lowest BCUT2D eigenvalue weighted by atomic mass is 10.1. The van der Waals surface area contributed by atoms with E-state index in [0.717, 1.165) is 23.4 Å². The molecule has 0 spiro atoms. The molecule has 1 aromatic heterocycles. The zero-order valence-corrected chi connectivity index (χ0v) is 12.2. The van der Waals surface area contributed by atoms with E-state index in [0.29, 0.717) is 6.04 Å². The third-order valence-corrected chi connectivity index (χ3v) is 4.23. The van der Waals surface area contributed by atoms with Gasteiger partial charge in [0.25, 0.3) is 0 Å². The summed E-state index contributed by atoms with van der Waals surface area (Å²) in [5, 5.41) is 4.73. The topological polar surface area (TPSA) is 43.8 Å². The van der Waals surface area contributed by atoms with Gasteiger partial charge in [0.05, 0.1) is 11.7 Å². The second kappa shape index (κ2) is 5.70. The van der Waals surface area contributed by atoms with Crippen molar-refractivity contribution in [2.24, 2.45) is 0 Å². The fraction of sp³-hybridized carbons (Fsp3) is 0.471. The number of aromatic nitrogens is 2. The summed E-state index contributed by atoms with van der Waals surface area (Å²) in [5.74, 6) is 0. The van der Waals surface area contributed by atoms with Crippen LogP contribution in [0.25, 0.3) is 11.3 Å². The number of benzene rings is 1. The van der Waals surface area contributed by atoms with Crippen LogP contribution in [-0.2, 0) is 6.42 Å². The minimum absolute atomic E-state index is 0.547. The Hall–Kier alpha value is -1.77. The van der Waals surface area contributed by atoms with Crippen molar-refractivity contribution >= 4 is 5.69 Å². The first kappa shape index (κ1) is 13.2. The Bertz CT molecular complexity index is 562. The second-order valence-electron chi connectivity index (χ2n) is 5.80. The maximum atomic E-state index is 6.15. The van der Waals surface area contributed by atoms with E-state index in [4.69, 9.17) is 10.8 Å². The SMILES string of the molecule is CCCc1ccc(-c2nn(C3CCCC3)cc2N)cc1. The number of nitrogens with zero attached hydrogens (tertiary/aromatic N) is 2. The van der Waals surface area contributed by atoms with Crippen LogP contribution in [0.1, 0.15) is 50.6 Å². The molecule has 1 fully saturated rings. The Kier molecular flexibility index (Phi) is 3.77. The second-order valence-corrected chi connectivity index (χ2v) is 5.80. The van der Waals surface area contributed by atoms with E-state index >= 15 is 0 Å². The van der Waals surface area contributed by atoms with Gasteiger partial charge in [-0.25, -0.2) is 0 Å². The summed E-state index contributed by atoms with van der Waals surface area (Å²) in [4.78, 5) is 0. The molecule has 0 radical (unpaired) electrons. The lowest BCUT2D eigenvalue weighted by Crippen LogP contribution is -2.04. The Morgan fingerprint density at radius 2 is 1.90 bits per heavy atom. The van der Waals surface area contributed by atoms with E-state index in [-0.39, 0.29) is 0 Å². The smallest absolute Gasteiger partial charge is 0.115 e. The van der Waals surface area contributed by atoms with Gasteiger partial charge in [-0.2, -0.15) is 5.10 Å². The van der Waals surface area contributed by atoms with Gasteiger partial charge in [0.1, 0.15) is 5.69 Å². The molecule has 3 rings (SSSR count). The van der Waals surface area contributed by atoms with E-state index in [2.05, 4.69) is 35.9 Å². The number of rotatable bonds is 4. The molecule has 0 unspecified atom stereocenters. The molecule has 0 saturated heterocycles. The van der Waals surface area contributed by atoms with Gasteiger partial charge >= 0.3 is 0 Å². The van der Waals surface area contributed by atoms with E-state index in [9.17, 15) is 0 Å². The van der Waals surface area contributed by atoms with Crippen molar-refractivity contribution < 1.29 is 0 Å². The summed E-state index contributed by atoms with van der Waals surface area (Å²) in [6, 6.07) is 9.20. The molecule has 2 N–H and O–H groups in total. The fourth-order valence-corrected chi connectivity index (χ4v) is 3.10. The van der Waals surface area contributed by atoms with Gasteiger partial charge < -0.3 is 5.73 Å². The van der Waals surface area contributed by atoms with Crippen LogP contribution in [0.4, 0.5) is 5.69 Å². The van der Waals surface area contributed by atoms with Crippen LogP contribution in [0.5, 0.6) is 0 Å². The predicted octanol–water partition coefficient (Wildman–Crippen LogP) is 4.20. The molecule has 0 amide bonds. The third-order valence-electron chi connectivity index (χ3n) is 4.23. The van der Waals surface area contributed by atoms with Crippen LogP contribution in [-0.4, -0.2) is 9.78 Å². The molecule has 0 aliphatic heterocycles. The standard InChI is InChI=1S/C17H23N3/c1-2-5-13-8-10-14(11-9-13)17-16(18)12-20(19-17)15-6-3-4-7-15/h8-12,15H,2-7,18H2,1H3. The van der Waals surface area contributed by atoms with Crippen molar-refractivity contribution in [2.45, 2.75) is 51.5 Å². The zero-order chi connectivity index (χ0) is 13.9. The highest BCUT2D eigenvalue weighted by Crippen LogP contribution is 2.32. The molecule has 3 nitrogen and oxygen atoms in total.